The van der Waals surface area contributed by atoms with E-state index in [1.54, 1.807) is 0 Å². The smallest absolute Gasteiger partial charge is 0.213 e. The molecule has 7 nitrogen and oxygen atoms in total. The van der Waals surface area contributed by atoms with Gasteiger partial charge in [0.2, 0.25) is 5.60 Å². The van der Waals surface area contributed by atoms with Gasteiger partial charge in [-0.3, -0.25) is 9.59 Å². The lowest BCUT2D eigenvalue weighted by molar-refractivity contribution is -0.163. The third kappa shape index (κ3) is 11.9. The fourth-order valence-electron chi connectivity index (χ4n) is 4.26. The van der Waals surface area contributed by atoms with Gasteiger partial charge < -0.3 is 25.2 Å². The molecule has 0 fully saturated rings. The zero-order valence-electron chi connectivity index (χ0n) is 23.2. The number of phenols is 1. The minimum Gasteiger partial charge on any atom is -0.504 e. The Hall–Kier alpha value is -2.48. The number of carbonyl (C=O) groups is 2. The topological polar surface area (TPSA) is 124 Å². The molecular formula is C31H48O7. The van der Waals surface area contributed by atoms with Gasteiger partial charge in [0.15, 0.2) is 23.1 Å². The van der Waals surface area contributed by atoms with Crippen LogP contribution >= 0.6 is 0 Å². The van der Waals surface area contributed by atoms with E-state index in [0.29, 0.717) is 12.0 Å². The van der Waals surface area contributed by atoms with Crippen molar-refractivity contribution in [1.29, 1.82) is 0 Å². The van der Waals surface area contributed by atoms with Crippen LogP contribution in [0.3, 0.4) is 0 Å². The van der Waals surface area contributed by atoms with E-state index in [-0.39, 0.29) is 17.9 Å². The number of aliphatic hydroxyl groups excluding tert-OH is 2. The molecule has 1 aromatic rings. The Morgan fingerprint density at radius 3 is 2.11 bits per heavy atom. The number of ether oxygens (including phenoxy) is 1. The summed E-state index contributed by atoms with van der Waals surface area (Å²) >= 11 is 0. The van der Waals surface area contributed by atoms with Gasteiger partial charge in [-0.1, -0.05) is 82.6 Å². The molecule has 0 aliphatic carbocycles. The minimum absolute atomic E-state index is 0.0710. The first-order valence-corrected chi connectivity index (χ1v) is 14.1. The number of benzene rings is 1. The van der Waals surface area contributed by atoms with Crippen LogP contribution in [0.15, 0.2) is 36.4 Å². The molecule has 0 saturated heterocycles. The van der Waals surface area contributed by atoms with Crippen LogP contribution in [-0.4, -0.2) is 57.4 Å². The first-order chi connectivity index (χ1) is 18.3. The molecule has 0 radical (unpaired) electrons. The fraction of sp³-hybridized carbons (Fsp3) is 0.613. The average molecular weight is 533 g/mol. The van der Waals surface area contributed by atoms with Crippen molar-refractivity contribution in [1.82, 2.24) is 0 Å². The molecule has 4 N–H and O–H groups in total. The van der Waals surface area contributed by atoms with Gasteiger partial charge in [-0.2, -0.15) is 0 Å². The molecular weight excluding hydrogens is 484 g/mol. The predicted molar refractivity (Wildman–Crippen MR) is 151 cm³/mol. The Morgan fingerprint density at radius 1 is 0.947 bits per heavy atom. The SMILES string of the molecule is CCCCCCCC/C=C\CCCCCCCC(=O)C(O)(C(=O)C=Cc1ccc(O)c(OC)c1)C(O)CO. The summed E-state index contributed by atoms with van der Waals surface area (Å²) in [5.74, 6) is -1.69. The third-order valence-corrected chi connectivity index (χ3v) is 6.75. The summed E-state index contributed by atoms with van der Waals surface area (Å²) in [6.45, 7) is 1.30. The van der Waals surface area contributed by atoms with Crippen LogP contribution < -0.4 is 4.74 Å². The van der Waals surface area contributed by atoms with Crippen molar-refractivity contribution in [3.63, 3.8) is 0 Å². The van der Waals surface area contributed by atoms with E-state index in [2.05, 4.69) is 19.1 Å². The zero-order valence-corrected chi connectivity index (χ0v) is 23.2. The number of phenolic OH excluding ortho intramolecular Hbond substituents is 1. The number of hydrogen-bond donors (Lipinski definition) is 4. The number of unbranched alkanes of at least 4 members (excludes halogenated alkanes) is 11. The number of carbonyl (C=O) groups excluding carboxylic acids is 2. The molecule has 0 amide bonds. The van der Waals surface area contributed by atoms with E-state index in [0.717, 1.165) is 44.6 Å². The number of Topliss-reactive ketones (excluding diaryl/α,β-unsaturated/α-hetero) is 1. The number of allylic oxidation sites excluding steroid dienone is 2. The first kappa shape index (κ1) is 33.5. The molecule has 2 unspecified atom stereocenters. The molecule has 1 rings (SSSR count). The summed E-state index contributed by atoms with van der Waals surface area (Å²) in [6, 6.07) is 4.39. The molecule has 0 heterocycles. The van der Waals surface area contributed by atoms with Crippen molar-refractivity contribution < 1.29 is 34.8 Å². The van der Waals surface area contributed by atoms with E-state index in [9.17, 15) is 30.0 Å². The second-order valence-corrected chi connectivity index (χ2v) is 9.85. The number of aromatic hydroxyl groups is 1. The van der Waals surface area contributed by atoms with Crippen LogP contribution in [0.1, 0.15) is 102 Å². The Labute approximate surface area is 228 Å². The lowest BCUT2D eigenvalue weighted by Gasteiger charge is -2.28. The molecule has 0 spiro atoms. The lowest BCUT2D eigenvalue weighted by Crippen LogP contribution is -2.56. The highest BCUT2D eigenvalue weighted by molar-refractivity contribution is 6.16. The minimum atomic E-state index is -2.72. The summed E-state index contributed by atoms with van der Waals surface area (Å²) < 4.78 is 5.02. The van der Waals surface area contributed by atoms with E-state index < -0.39 is 29.9 Å². The fourth-order valence-corrected chi connectivity index (χ4v) is 4.26. The van der Waals surface area contributed by atoms with Crippen molar-refractivity contribution in [3.8, 4) is 11.5 Å². The largest absolute Gasteiger partial charge is 0.504 e. The molecule has 0 saturated carbocycles. The summed E-state index contributed by atoms with van der Waals surface area (Å²) in [5.41, 5.74) is -2.23. The van der Waals surface area contributed by atoms with E-state index in [4.69, 9.17) is 4.74 Å². The Balaban J connectivity index is 2.41. The van der Waals surface area contributed by atoms with Crippen molar-refractivity contribution in [3.05, 3.63) is 42.0 Å². The van der Waals surface area contributed by atoms with Gasteiger partial charge in [-0.15, -0.1) is 0 Å². The lowest BCUT2D eigenvalue weighted by atomic mass is 9.84. The first-order valence-electron chi connectivity index (χ1n) is 14.1. The maximum absolute atomic E-state index is 12.8. The second kappa shape index (κ2) is 19.6. The van der Waals surface area contributed by atoms with Crippen molar-refractivity contribution >= 4 is 17.6 Å². The number of methoxy groups -OCH3 is 1. The molecule has 0 aliphatic heterocycles. The summed E-state index contributed by atoms with van der Waals surface area (Å²) in [7, 11) is 1.39. The van der Waals surface area contributed by atoms with Crippen LogP contribution in [-0.2, 0) is 9.59 Å². The summed E-state index contributed by atoms with van der Waals surface area (Å²) in [4.78, 5) is 25.5. The Morgan fingerprint density at radius 2 is 1.53 bits per heavy atom. The molecule has 7 heteroatoms. The number of hydrogen-bond acceptors (Lipinski definition) is 7. The van der Waals surface area contributed by atoms with Gasteiger partial charge in [-0.25, -0.2) is 0 Å². The summed E-state index contributed by atoms with van der Waals surface area (Å²) in [6.07, 6.45) is 19.2. The molecule has 214 valence electrons. The van der Waals surface area contributed by atoms with Crippen LogP contribution in [0.2, 0.25) is 0 Å². The van der Waals surface area contributed by atoms with E-state index >= 15 is 0 Å². The highest BCUT2D eigenvalue weighted by Crippen LogP contribution is 2.27. The molecule has 0 aromatic heterocycles. The predicted octanol–water partition coefficient (Wildman–Crippen LogP) is 5.67. The van der Waals surface area contributed by atoms with Gasteiger partial charge >= 0.3 is 0 Å². The summed E-state index contributed by atoms with van der Waals surface area (Å²) in [5, 5.41) is 40.0. The monoisotopic (exact) mass is 532 g/mol. The van der Waals surface area contributed by atoms with Crippen LogP contribution in [0.5, 0.6) is 11.5 Å². The van der Waals surface area contributed by atoms with Crippen molar-refractivity contribution in [2.75, 3.05) is 13.7 Å². The van der Waals surface area contributed by atoms with Crippen molar-refractivity contribution in [2.24, 2.45) is 0 Å². The molecule has 38 heavy (non-hydrogen) atoms. The van der Waals surface area contributed by atoms with Crippen LogP contribution in [0, 0.1) is 0 Å². The number of rotatable bonds is 22. The highest BCUT2D eigenvalue weighted by Gasteiger charge is 2.47. The highest BCUT2D eigenvalue weighted by atomic mass is 16.5. The maximum atomic E-state index is 12.8. The van der Waals surface area contributed by atoms with Gasteiger partial charge in [0.1, 0.15) is 6.10 Å². The third-order valence-electron chi connectivity index (χ3n) is 6.75. The zero-order chi connectivity index (χ0) is 28.2. The average Bonchev–Trinajstić information content (AvgIpc) is 2.93. The quantitative estimate of drug-likeness (QED) is 0.0656. The van der Waals surface area contributed by atoms with Gasteiger partial charge in [0, 0.05) is 6.42 Å². The van der Waals surface area contributed by atoms with Crippen LogP contribution in [0.4, 0.5) is 0 Å². The number of ketones is 2. The maximum Gasteiger partial charge on any atom is 0.213 e. The molecule has 0 aliphatic rings. The standard InChI is InChI=1S/C31H48O7/c1-3-4-5-6-7-8-9-10-11-12-13-14-15-16-17-18-28(34)31(37,30(36)24-32)29(35)22-20-25-19-21-26(33)27(23-25)38-2/h10-11,19-23,30,32-33,36-37H,3-9,12-18,24H2,1-2H3/b11-10-,22-20?. The van der Waals surface area contributed by atoms with Gasteiger partial charge in [-0.05, 0) is 55.9 Å². The Kier molecular flexibility index (Phi) is 17.3. The normalized spacial score (nSPS) is 14.1. The Bertz CT molecular complexity index is 877. The molecule has 2 atom stereocenters. The number of aliphatic hydroxyl groups is 3. The van der Waals surface area contributed by atoms with E-state index in [1.807, 2.05) is 0 Å². The van der Waals surface area contributed by atoms with Crippen LogP contribution in [0.25, 0.3) is 6.08 Å². The van der Waals surface area contributed by atoms with Gasteiger partial charge in [0.05, 0.1) is 13.7 Å². The van der Waals surface area contributed by atoms with Crippen molar-refractivity contribution in [2.45, 2.75) is 109 Å². The molecule has 1 aromatic carbocycles. The van der Waals surface area contributed by atoms with E-state index in [1.165, 1.54) is 69.9 Å². The molecule has 0 bridgehead atoms. The van der Waals surface area contributed by atoms with Gasteiger partial charge in [0.25, 0.3) is 0 Å². The second-order valence-electron chi connectivity index (χ2n) is 9.85.